The number of halogens is 1. The molecule has 0 radical (unpaired) electrons. The van der Waals surface area contributed by atoms with Crippen LogP contribution >= 0.6 is 11.6 Å². The highest BCUT2D eigenvalue weighted by atomic mass is 35.5. The van der Waals surface area contributed by atoms with E-state index in [4.69, 9.17) is 21.1 Å². The molecule has 7 nitrogen and oxygen atoms in total. The summed E-state index contributed by atoms with van der Waals surface area (Å²) in [6.45, 7) is 0.292. The van der Waals surface area contributed by atoms with Crippen molar-refractivity contribution in [2.24, 2.45) is 0 Å². The molecule has 1 unspecified atom stereocenters. The van der Waals surface area contributed by atoms with E-state index < -0.39 is 22.0 Å². The number of rotatable bonds is 8. The molecule has 1 aliphatic heterocycles. The quantitative estimate of drug-likeness (QED) is 0.491. The van der Waals surface area contributed by atoms with Crippen molar-refractivity contribution < 1.29 is 22.7 Å². The third-order valence-electron chi connectivity index (χ3n) is 5.05. The standard InChI is InChI=1S/C24H23ClN2O5S/c25-19-10-4-6-12-21(19)31-15-14-26-24(28)23-16-27(20-11-5-7-13-22(20)32-23)33(29,30)17-18-8-2-1-3-9-18/h1-13,23H,14-17H2,(H,26,28). The van der Waals surface area contributed by atoms with E-state index in [2.05, 4.69) is 5.32 Å². The number of hydrogen-bond donors (Lipinski definition) is 1. The molecule has 0 aliphatic carbocycles. The summed E-state index contributed by atoms with van der Waals surface area (Å²) in [5, 5.41) is 3.22. The molecular formula is C24H23ClN2O5S. The maximum absolute atomic E-state index is 13.2. The van der Waals surface area contributed by atoms with Gasteiger partial charge in [-0.2, -0.15) is 0 Å². The first-order valence-corrected chi connectivity index (χ1v) is 12.4. The van der Waals surface area contributed by atoms with Gasteiger partial charge in [0.05, 0.1) is 29.6 Å². The number of para-hydroxylation sites is 3. The van der Waals surface area contributed by atoms with Gasteiger partial charge in [-0.1, -0.05) is 66.2 Å². The average Bonchev–Trinajstić information content (AvgIpc) is 2.82. The van der Waals surface area contributed by atoms with Crippen molar-refractivity contribution >= 4 is 33.2 Å². The van der Waals surface area contributed by atoms with Gasteiger partial charge in [0.25, 0.3) is 5.91 Å². The van der Waals surface area contributed by atoms with Gasteiger partial charge < -0.3 is 14.8 Å². The zero-order valence-electron chi connectivity index (χ0n) is 17.7. The number of carbonyl (C=O) groups is 1. The van der Waals surface area contributed by atoms with Gasteiger partial charge in [0.2, 0.25) is 10.0 Å². The average molecular weight is 487 g/mol. The summed E-state index contributed by atoms with van der Waals surface area (Å²) >= 11 is 6.06. The van der Waals surface area contributed by atoms with Crippen LogP contribution < -0.4 is 19.1 Å². The van der Waals surface area contributed by atoms with E-state index >= 15 is 0 Å². The van der Waals surface area contributed by atoms with Gasteiger partial charge in [-0.15, -0.1) is 0 Å². The molecule has 3 aromatic rings. The first-order valence-electron chi connectivity index (χ1n) is 10.4. The lowest BCUT2D eigenvalue weighted by atomic mass is 10.2. The van der Waals surface area contributed by atoms with Crippen LogP contribution in [0.15, 0.2) is 78.9 Å². The summed E-state index contributed by atoms with van der Waals surface area (Å²) in [5.41, 5.74) is 1.08. The van der Waals surface area contributed by atoms with Crippen molar-refractivity contribution in [1.82, 2.24) is 5.32 Å². The second kappa shape index (κ2) is 10.1. The number of carbonyl (C=O) groups excluding carboxylic acids is 1. The van der Waals surface area contributed by atoms with Crippen LogP contribution in [-0.2, 0) is 20.6 Å². The van der Waals surface area contributed by atoms with Crippen molar-refractivity contribution in [2.45, 2.75) is 11.9 Å². The molecule has 1 aliphatic rings. The van der Waals surface area contributed by atoms with E-state index in [1.54, 1.807) is 72.8 Å². The Balaban J connectivity index is 1.43. The molecule has 0 spiro atoms. The maximum Gasteiger partial charge on any atom is 0.263 e. The lowest BCUT2D eigenvalue weighted by Gasteiger charge is -2.34. The fourth-order valence-electron chi connectivity index (χ4n) is 3.48. The van der Waals surface area contributed by atoms with E-state index in [1.165, 1.54) is 4.31 Å². The van der Waals surface area contributed by atoms with E-state index in [-0.39, 0.29) is 25.4 Å². The van der Waals surface area contributed by atoms with Crippen molar-refractivity contribution in [2.75, 3.05) is 24.0 Å². The van der Waals surface area contributed by atoms with E-state index in [0.29, 0.717) is 27.8 Å². The second-order valence-corrected chi connectivity index (χ2v) is 9.72. The molecule has 3 aromatic carbocycles. The lowest BCUT2D eigenvalue weighted by molar-refractivity contribution is -0.127. The van der Waals surface area contributed by atoms with Crippen LogP contribution in [0, 0.1) is 0 Å². The summed E-state index contributed by atoms with van der Waals surface area (Å²) < 4.78 is 39.1. The molecule has 0 saturated heterocycles. The predicted molar refractivity (Wildman–Crippen MR) is 127 cm³/mol. The topological polar surface area (TPSA) is 84.9 Å². The number of amides is 1. The van der Waals surface area contributed by atoms with Gasteiger partial charge in [-0.3, -0.25) is 9.10 Å². The molecule has 1 N–H and O–H groups in total. The number of nitrogens with zero attached hydrogens (tertiary/aromatic N) is 1. The van der Waals surface area contributed by atoms with Gasteiger partial charge in [0.15, 0.2) is 6.10 Å². The number of anilines is 1. The molecule has 4 rings (SSSR count). The number of ether oxygens (including phenoxy) is 2. The Bertz CT molecular complexity index is 1220. The maximum atomic E-state index is 13.2. The van der Waals surface area contributed by atoms with Crippen molar-refractivity contribution in [1.29, 1.82) is 0 Å². The minimum atomic E-state index is -3.75. The highest BCUT2D eigenvalue weighted by molar-refractivity contribution is 7.92. The Morgan fingerprint density at radius 1 is 1.03 bits per heavy atom. The Morgan fingerprint density at radius 2 is 1.73 bits per heavy atom. The van der Waals surface area contributed by atoms with E-state index in [9.17, 15) is 13.2 Å². The number of benzene rings is 3. The normalized spacial score (nSPS) is 15.3. The van der Waals surface area contributed by atoms with Gasteiger partial charge in [0, 0.05) is 0 Å². The summed E-state index contributed by atoms with van der Waals surface area (Å²) in [6.07, 6.45) is -0.995. The van der Waals surface area contributed by atoms with Crippen molar-refractivity contribution in [3.63, 3.8) is 0 Å². The molecular weight excluding hydrogens is 464 g/mol. The molecule has 0 fully saturated rings. The van der Waals surface area contributed by atoms with Crippen molar-refractivity contribution in [3.05, 3.63) is 89.4 Å². The molecule has 1 heterocycles. The van der Waals surface area contributed by atoms with Gasteiger partial charge in [-0.25, -0.2) is 8.42 Å². The van der Waals surface area contributed by atoms with Crippen molar-refractivity contribution in [3.8, 4) is 11.5 Å². The Morgan fingerprint density at radius 3 is 2.52 bits per heavy atom. The van der Waals surface area contributed by atoms with Crippen LogP contribution in [0.25, 0.3) is 0 Å². The molecule has 9 heteroatoms. The van der Waals surface area contributed by atoms with Crippen LogP contribution in [0.5, 0.6) is 11.5 Å². The SMILES string of the molecule is O=C(NCCOc1ccccc1Cl)C1CN(S(=O)(=O)Cc2ccccc2)c2ccccc2O1. The van der Waals surface area contributed by atoms with Crippen LogP contribution in [0.3, 0.4) is 0 Å². The number of nitrogens with one attached hydrogen (secondary N) is 1. The smallest absolute Gasteiger partial charge is 0.263 e. The third kappa shape index (κ3) is 5.58. The summed E-state index contributed by atoms with van der Waals surface area (Å²) in [5.74, 6) is 0.261. The van der Waals surface area contributed by atoms with Gasteiger partial charge in [0.1, 0.15) is 18.1 Å². The van der Waals surface area contributed by atoms with Crippen LogP contribution in [0.1, 0.15) is 5.56 Å². The van der Waals surface area contributed by atoms with Gasteiger partial charge >= 0.3 is 0 Å². The molecule has 0 aromatic heterocycles. The molecule has 172 valence electrons. The van der Waals surface area contributed by atoms with Gasteiger partial charge in [-0.05, 0) is 29.8 Å². The summed E-state index contributed by atoms with van der Waals surface area (Å²) in [7, 11) is -3.75. The minimum absolute atomic E-state index is 0.122. The number of hydrogen-bond acceptors (Lipinski definition) is 5. The second-order valence-electron chi connectivity index (χ2n) is 7.42. The largest absolute Gasteiger partial charge is 0.490 e. The fourth-order valence-corrected chi connectivity index (χ4v) is 5.25. The highest BCUT2D eigenvalue weighted by Crippen LogP contribution is 2.35. The fraction of sp³-hybridized carbons (Fsp3) is 0.208. The van der Waals surface area contributed by atoms with E-state index in [1.807, 2.05) is 6.07 Å². The zero-order valence-corrected chi connectivity index (χ0v) is 19.3. The zero-order chi connectivity index (χ0) is 23.3. The minimum Gasteiger partial charge on any atom is -0.490 e. The molecule has 0 bridgehead atoms. The Labute approximate surface area is 197 Å². The lowest BCUT2D eigenvalue weighted by Crippen LogP contribution is -2.51. The summed E-state index contributed by atoms with van der Waals surface area (Å²) in [6, 6.07) is 22.8. The number of sulfonamides is 1. The van der Waals surface area contributed by atoms with Crippen LogP contribution in [0.4, 0.5) is 5.69 Å². The Hall–Kier alpha value is -3.23. The first-order chi connectivity index (χ1) is 15.9. The molecule has 1 amide bonds. The molecule has 33 heavy (non-hydrogen) atoms. The Kier molecular flexibility index (Phi) is 7.05. The predicted octanol–water partition coefficient (Wildman–Crippen LogP) is 3.63. The first kappa shape index (κ1) is 22.9. The molecule has 0 saturated carbocycles. The summed E-state index contributed by atoms with van der Waals surface area (Å²) in [4.78, 5) is 12.8. The third-order valence-corrected chi connectivity index (χ3v) is 7.08. The highest BCUT2D eigenvalue weighted by Gasteiger charge is 2.36. The van der Waals surface area contributed by atoms with Crippen LogP contribution in [0.2, 0.25) is 5.02 Å². The monoisotopic (exact) mass is 486 g/mol. The molecule has 1 atom stereocenters. The van der Waals surface area contributed by atoms with E-state index in [0.717, 1.165) is 0 Å². The number of fused-ring (bicyclic) bond motifs is 1. The van der Waals surface area contributed by atoms with Crippen LogP contribution in [-0.4, -0.2) is 40.1 Å².